The van der Waals surface area contributed by atoms with Crippen LogP contribution in [0.5, 0.6) is 0 Å². The first-order chi connectivity index (χ1) is 17.1. The van der Waals surface area contributed by atoms with Gasteiger partial charge in [-0.05, 0) is 45.5 Å². The van der Waals surface area contributed by atoms with Crippen LogP contribution in [0, 0.1) is 0 Å². The van der Waals surface area contributed by atoms with E-state index in [2.05, 4.69) is 0 Å². The van der Waals surface area contributed by atoms with Crippen LogP contribution in [0.3, 0.4) is 0 Å². The van der Waals surface area contributed by atoms with Crippen LogP contribution in [-0.4, -0.2) is 85.1 Å². The topological polar surface area (TPSA) is 109 Å². The molecule has 4 aromatic carbocycles. The summed E-state index contributed by atoms with van der Waals surface area (Å²) < 4.78 is 67.6. The Balaban J connectivity index is 0.00000253. The number of benzene rings is 4. The van der Waals surface area contributed by atoms with Gasteiger partial charge in [-0.25, -0.2) is 0 Å². The van der Waals surface area contributed by atoms with Crippen LogP contribution in [0.2, 0.25) is 0 Å². The van der Waals surface area contributed by atoms with Crippen LogP contribution in [-0.2, 0) is 20.2 Å². The molecule has 6 nitrogen and oxygen atoms in total. The Morgan fingerprint density at radius 3 is 1.03 bits per heavy atom. The van der Waals surface area contributed by atoms with Crippen LogP contribution >= 0.6 is 0 Å². The van der Waals surface area contributed by atoms with E-state index in [-0.39, 0.29) is 68.9 Å². The van der Waals surface area contributed by atoms with Gasteiger partial charge in [-0.15, -0.1) is 0 Å². The van der Waals surface area contributed by atoms with E-state index in [0.717, 1.165) is 11.1 Å². The SMILES string of the molecule is O=S(=O)(O)C(=Cc1ccccc1)c1ccc(-c2ccc(C(=Cc3ccccc3)S(=O)(=O)O)cc2)cc1.[Na].[Na]. The molecule has 4 aromatic rings. The molecule has 0 aromatic heterocycles. The van der Waals surface area contributed by atoms with E-state index in [0.29, 0.717) is 22.3 Å². The summed E-state index contributed by atoms with van der Waals surface area (Å²) in [5, 5.41) is 0. The Morgan fingerprint density at radius 1 is 0.474 bits per heavy atom. The maximum absolute atomic E-state index is 12.0. The van der Waals surface area contributed by atoms with Gasteiger partial charge >= 0.3 is 0 Å². The molecule has 0 aliphatic carbocycles. The maximum atomic E-state index is 12.0. The summed E-state index contributed by atoms with van der Waals surface area (Å²) in [5.74, 6) is 0. The summed E-state index contributed by atoms with van der Waals surface area (Å²) in [6, 6.07) is 30.8. The molecule has 0 unspecified atom stereocenters. The van der Waals surface area contributed by atoms with Crippen LogP contribution in [0.15, 0.2) is 109 Å². The Hall–Kier alpha value is -1.82. The van der Waals surface area contributed by atoms with Gasteiger partial charge in [-0.3, -0.25) is 9.11 Å². The normalized spacial score (nSPS) is 12.3. The van der Waals surface area contributed by atoms with Gasteiger partial charge in [-0.2, -0.15) is 16.8 Å². The second-order valence-electron chi connectivity index (χ2n) is 7.94. The molecular formula is C28H22Na2O6S2. The smallest absolute Gasteiger partial charge is 0.282 e. The molecule has 0 heterocycles. The van der Waals surface area contributed by atoms with Gasteiger partial charge in [0.05, 0.1) is 0 Å². The van der Waals surface area contributed by atoms with E-state index in [1.54, 1.807) is 109 Å². The molecule has 0 bridgehead atoms. The summed E-state index contributed by atoms with van der Waals surface area (Å²) >= 11 is 0. The van der Waals surface area contributed by atoms with Gasteiger partial charge in [-0.1, -0.05) is 109 Å². The first-order valence-corrected chi connectivity index (χ1v) is 13.7. The second-order valence-corrected chi connectivity index (χ2v) is 10.7. The van der Waals surface area contributed by atoms with Crippen LogP contribution < -0.4 is 0 Å². The minimum atomic E-state index is -4.47. The van der Waals surface area contributed by atoms with Gasteiger partial charge in [0.1, 0.15) is 9.81 Å². The molecule has 38 heavy (non-hydrogen) atoms. The van der Waals surface area contributed by atoms with E-state index in [1.165, 1.54) is 12.2 Å². The van der Waals surface area contributed by atoms with Gasteiger partial charge in [0.25, 0.3) is 20.2 Å². The molecule has 0 aliphatic heterocycles. The standard InChI is InChI=1S/C28H22O6S2.2Na/c29-35(30,31)27(19-21-7-3-1-4-8-21)25-15-11-23(12-16-25)24-13-17-26(18-14-24)28(36(32,33)34)20-22-9-5-2-6-10-22;;/h1-20H,(H,29,30,31)(H,32,33,34);;. The van der Waals surface area contributed by atoms with E-state index in [4.69, 9.17) is 0 Å². The predicted octanol–water partition coefficient (Wildman–Crippen LogP) is 5.36. The molecule has 0 saturated heterocycles. The van der Waals surface area contributed by atoms with Crippen molar-refractivity contribution in [3.63, 3.8) is 0 Å². The van der Waals surface area contributed by atoms with Crippen molar-refractivity contribution >= 4 is 101 Å². The van der Waals surface area contributed by atoms with E-state index in [1.807, 2.05) is 0 Å². The van der Waals surface area contributed by atoms with Crippen LogP contribution in [0.25, 0.3) is 33.1 Å². The third-order valence-corrected chi connectivity index (χ3v) is 7.24. The molecule has 2 N–H and O–H groups in total. The van der Waals surface area contributed by atoms with Gasteiger partial charge in [0.2, 0.25) is 0 Å². The summed E-state index contributed by atoms with van der Waals surface area (Å²) in [5.41, 5.74) is 3.40. The third kappa shape index (κ3) is 8.59. The molecule has 2 radical (unpaired) electrons. The van der Waals surface area contributed by atoms with Crippen molar-refractivity contribution in [1.82, 2.24) is 0 Å². The Labute approximate surface area is 267 Å². The number of rotatable bonds is 7. The number of hydrogen-bond donors (Lipinski definition) is 2. The summed E-state index contributed by atoms with van der Waals surface area (Å²) in [4.78, 5) is -0.445. The monoisotopic (exact) mass is 564 g/mol. The summed E-state index contributed by atoms with van der Waals surface area (Å²) in [7, 11) is -8.95. The van der Waals surface area contributed by atoms with Gasteiger partial charge in [0, 0.05) is 59.1 Å². The van der Waals surface area contributed by atoms with Crippen molar-refractivity contribution in [2.45, 2.75) is 0 Å². The Kier molecular flexibility index (Phi) is 11.9. The van der Waals surface area contributed by atoms with Crippen molar-refractivity contribution in [2.24, 2.45) is 0 Å². The van der Waals surface area contributed by atoms with Crippen molar-refractivity contribution in [2.75, 3.05) is 0 Å². The minimum Gasteiger partial charge on any atom is -0.282 e. The zero-order chi connectivity index (χ0) is 25.8. The molecule has 0 saturated carbocycles. The van der Waals surface area contributed by atoms with Crippen LogP contribution in [0.1, 0.15) is 22.3 Å². The van der Waals surface area contributed by atoms with Crippen LogP contribution in [0.4, 0.5) is 0 Å². The molecule has 0 aliphatic rings. The Morgan fingerprint density at radius 2 is 0.763 bits per heavy atom. The molecule has 184 valence electrons. The molecule has 0 amide bonds. The fourth-order valence-electron chi connectivity index (χ4n) is 3.67. The molecule has 0 atom stereocenters. The first kappa shape index (κ1) is 32.4. The predicted molar refractivity (Wildman–Crippen MR) is 155 cm³/mol. The van der Waals surface area contributed by atoms with E-state index in [9.17, 15) is 25.9 Å². The van der Waals surface area contributed by atoms with Crippen molar-refractivity contribution in [3.8, 4) is 11.1 Å². The van der Waals surface area contributed by atoms with Crippen molar-refractivity contribution in [3.05, 3.63) is 131 Å². The maximum Gasteiger partial charge on any atom is 0.295 e. The number of hydrogen-bond acceptors (Lipinski definition) is 4. The third-order valence-electron chi connectivity index (χ3n) is 5.42. The minimum absolute atomic E-state index is 0. The fraction of sp³-hybridized carbons (Fsp3) is 0. The molecular weight excluding hydrogens is 542 g/mol. The molecule has 4 rings (SSSR count). The van der Waals surface area contributed by atoms with Crippen molar-refractivity contribution < 1.29 is 25.9 Å². The zero-order valence-electron chi connectivity index (χ0n) is 20.9. The fourth-order valence-corrected chi connectivity index (χ4v) is 5.11. The van der Waals surface area contributed by atoms with Crippen molar-refractivity contribution in [1.29, 1.82) is 0 Å². The largest absolute Gasteiger partial charge is 0.295 e. The van der Waals surface area contributed by atoms with Gasteiger partial charge < -0.3 is 0 Å². The molecule has 10 heteroatoms. The average Bonchev–Trinajstić information content (AvgIpc) is 2.86. The zero-order valence-corrected chi connectivity index (χ0v) is 26.5. The van der Waals surface area contributed by atoms with E-state index >= 15 is 0 Å². The first-order valence-electron chi connectivity index (χ1n) is 10.8. The van der Waals surface area contributed by atoms with Gasteiger partial charge in [0.15, 0.2) is 0 Å². The summed E-state index contributed by atoms with van der Waals surface area (Å²) in [6.45, 7) is 0. The van der Waals surface area contributed by atoms with E-state index < -0.39 is 20.2 Å². The second kappa shape index (κ2) is 14.0. The quantitative estimate of drug-likeness (QED) is 0.178. The average molecular weight is 565 g/mol. The Bertz CT molecular complexity index is 1510. The molecule has 0 fully saturated rings. The molecule has 0 spiro atoms. The summed E-state index contributed by atoms with van der Waals surface area (Å²) in [6.07, 6.45) is 2.80.